The first-order valence-electron chi connectivity index (χ1n) is 11.1. The molecule has 1 aliphatic carbocycles. The lowest BCUT2D eigenvalue weighted by atomic mass is 9.74. The summed E-state index contributed by atoms with van der Waals surface area (Å²) < 4.78 is 25.1. The van der Waals surface area contributed by atoms with Crippen LogP contribution in [0.3, 0.4) is 0 Å². The van der Waals surface area contributed by atoms with Gasteiger partial charge < -0.3 is 25.1 Å². The maximum atomic E-state index is 14.4. The number of ether oxygens (including phenoxy) is 2. The molecule has 1 saturated carbocycles. The van der Waals surface area contributed by atoms with Crippen molar-refractivity contribution in [2.45, 2.75) is 24.8 Å². The third-order valence-corrected chi connectivity index (χ3v) is 6.69. The summed E-state index contributed by atoms with van der Waals surface area (Å²) >= 11 is 0. The first-order valence-corrected chi connectivity index (χ1v) is 11.1. The minimum Gasteiger partial charge on any atom is -0.492 e. The van der Waals surface area contributed by atoms with Gasteiger partial charge in [0.1, 0.15) is 5.52 Å². The molecular weight excluding hydrogens is 437 g/mol. The minimum absolute atomic E-state index is 0.0699. The maximum absolute atomic E-state index is 14.4. The van der Waals surface area contributed by atoms with Crippen molar-refractivity contribution in [1.29, 1.82) is 0 Å². The lowest BCUT2D eigenvalue weighted by Gasteiger charge is -2.40. The monoisotopic (exact) mass is 459 g/mol. The van der Waals surface area contributed by atoms with Crippen molar-refractivity contribution in [3.05, 3.63) is 59.7 Å². The summed E-state index contributed by atoms with van der Waals surface area (Å²) in [6.45, 7) is 0. The van der Waals surface area contributed by atoms with Crippen LogP contribution in [0.5, 0.6) is 11.6 Å². The van der Waals surface area contributed by atoms with E-state index in [1.165, 1.54) is 13.2 Å². The molecule has 0 radical (unpaired) electrons. The fraction of sp³-hybridized carbons (Fsp3) is 0.240. The number of aromatic amines is 1. The summed E-state index contributed by atoms with van der Waals surface area (Å²) in [5, 5.41) is 6.39. The number of fused-ring (bicyclic) bond motifs is 4. The van der Waals surface area contributed by atoms with Gasteiger partial charge in [0.25, 0.3) is 5.91 Å². The molecule has 6 rings (SSSR count). The van der Waals surface area contributed by atoms with Crippen molar-refractivity contribution in [2.75, 3.05) is 19.5 Å². The molecule has 9 heteroatoms. The summed E-state index contributed by atoms with van der Waals surface area (Å²) in [6, 6.07) is 10.2. The van der Waals surface area contributed by atoms with E-state index in [-0.39, 0.29) is 23.6 Å². The van der Waals surface area contributed by atoms with E-state index >= 15 is 0 Å². The SMILES string of the molecule is COc1ccc2nccc(-c3[nH]c4c(c3Nc3cccc(F)c3OC)C(=O)NC3CCC43)c2n1. The zero-order valence-corrected chi connectivity index (χ0v) is 18.6. The number of nitrogens with zero attached hydrogens (tertiary/aromatic N) is 2. The Labute approximate surface area is 194 Å². The molecule has 1 aliphatic heterocycles. The zero-order valence-electron chi connectivity index (χ0n) is 18.6. The number of methoxy groups -OCH3 is 2. The molecule has 1 fully saturated rings. The summed E-state index contributed by atoms with van der Waals surface area (Å²) in [6.07, 6.45) is 3.62. The van der Waals surface area contributed by atoms with Gasteiger partial charge in [0.15, 0.2) is 11.6 Å². The second kappa shape index (κ2) is 7.72. The number of nitrogens with one attached hydrogen (secondary N) is 3. The van der Waals surface area contributed by atoms with Crippen LogP contribution in [0, 0.1) is 5.82 Å². The normalized spacial score (nSPS) is 18.5. The lowest BCUT2D eigenvalue weighted by molar-refractivity contribution is 0.0878. The number of H-pyrrole nitrogens is 1. The fourth-order valence-corrected chi connectivity index (χ4v) is 4.89. The van der Waals surface area contributed by atoms with Crippen LogP contribution in [-0.2, 0) is 0 Å². The summed E-state index contributed by atoms with van der Waals surface area (Å²) in [5.74, 6) is 0.0617. The number of aromatic nitrogens is 3. The van der Waals surface area contributed by atoms with Gasteiger partial charge in [-0.15, -0.1) is 0 Å². The molecule has 0 saturated heterocycles. The fourth-order valence-electron chi connectivity index (χ4n) is 4.89. The first kappa shape index (κ1) is 20.5. The van der Waals surface area contributed by atoms with E-state index in [1.54, 1.807) is 31.5 Å². The highest BCUT2D eigenvalue weighted by atomic mass is 19.1. The molecule has 4 aromatic rings. The van der Waals surface area contributed by atoms with Gasteiger partial charge in [-0.05, 0) is 37.1 Å². The largest absolute Gasteiger partial charge is 0.492 e. The molecule has 34 heavy (non-hydrogen) atoms. The molecule has 172 valence electrons. The summed E-state index contributed by atoms with van der Waals surface area (Å²) in [7, 11) is 2.97. The van der Waals surface area contributed by atoms with Crippen LogP contribution in [-0.4, -0.2) is 41.1 Å². The van der Waals surface area contributed by atoms with E-state index in [2.05, 4.69) is 25.6 Å². The molecule has 1 aromatic carbocycles. The highest BCUT2D eigenvalue weighted by Gasteiger charge is 2.43. The van der Waals surface area contributed by atoms with Crippen LogP contribution in [0.2, 0.25) is 0 Å². The molecule has 1 amide bonds. The standard InChI is InChI=1S/C25H22FN5O3/c1-33-18-9-8-16-20(30-18)13(10-11-27-16)22-23(28-17-5-3-4-14(26)24(17)34-2)19-21(31-22)12-6-7-15(12)29-25(19)32/h3-5,8-12,15,28,31H,6-7H2,1-2H3,(H,29,32). The first-order chi connectivity index (χ1) is 16.6. The topological polar surface area (TPSA) is 101 Å². The van der Waals surface area contributed by atoms with Crippen molar-refractivity contribution in [2.24, 2.45) is 0 Å². The van der Waals surface area contributed by atoms with E-state index < -0.39 is 5.82 Å². The van der Waals surface area contributed by atoms with Crippen molar-refractivity contribution < 1.29 is 18.7 Å². The Bertz CT molecular complexity index is 1450. The third kappa shape index (κ3) is 3.00. The molecule has 3 aromatic heterocycles. The van der Waals surface area contributed by atoms with Gasteiger partial charge in [0.2, 0.25) is 5.88 Å². The molecule has 3 N–H and O–H groups in total. The van der Waals surface area contributed by atoms with E-state index in [9.17, 15) is 9.18 Å². The molecule has 2 unspecified atom stereocenters. The van der Waals surface area contributed by atoms with E-state index in [0.29, 0.717) is 39.5 Å². The predicted molar refractivity (Wildman–Crippen MR) is 125 cm³/mol. The number of pyridine rings is 2. The van der Waals surface area contributed by atoms with Crippen molar-refractivity contribution in [3.8, 4) is 22.9 Å². The number of hydrogen-bond acceptors (Lipinski definition) is 6. The molecular formula is C25H22FN5O3. The van der Waals surface area contributed by atoms with E-state index in [4.69, 9.17) is 9.47 Å². The van der Waals surface area contributed by atoms with Crippen LogP contribution in [0.4, 0.5) is 15.8 Å². The summed E-state index contributed by atoms with van der Waals surface area (Å²) in [4.78, 5) is 25.8. The summed E-state index contributed by atoms with van der Waals surface area (Å²) in [5.41, 5.74) is 5.09. The Balaban J connectivity index is 1.60. The van der Waals surface area contributed by atoms with Crippen molar-refractivity contribution in [3.63, 3.8) is 0 Å². The number of rotatable bonds is 5. The second-order valence-electron chi connectivity index (χ2n) is 8.45. The molecule has 0 spiro atoms. The quantitative estimate of drug-likeness (QED) is 0.406. The predicted octanol–water partition coefficient (Wildman–Crippen LogP) is 4.51. The smallest absolute Gasteiger partial charge is 0.255 e. The number of anilines is 2. The number of para-hydroxylation sites is 1. The van der Waals surface area contributed by atoms with E-state index in [1.807, 2.05) is 12.1 Å². The Hall–Kier alpha value is -4.14. The van der Waals surface area contributed by atoms with Crippen molar-refractivity contribution in [1.82, 2.24) is 20.3 Å². The van der Waals surface area contributed by atoms with Crippen LogP contribution >= 0.6 is 0 Å². The van der Waals surface area contributed by atoms with E-state index in [0.717, 1.165) is 24.1 Å². The Morgan fingerprint density at radius 2 is 2.00 bits per heavy atom. The number of carbonyl (C=O) groups excluding carboxylic acids is 1. The van der Waals surface area contributed by atoms with Gasteiger partial charge in [-0.3, -0.25) is 9.78 Å². The zero-order chi connectivity index (χ0) is 23.4. The van der Waals surface area contributed by atoms with Crippen LogP contribution in [0.15, 0.2) is 42.6 Å². The molecule has 0 bridgehead atoms. The maximum Gasteiger partial charge on any atom is 0.255 e. The lowest BCUT2D eigenvalue weighted by Crippen LogP contribution is -2.49. The van der Waals surface area contributed by atoms with Crippen molar-refractivity contribution >= 4 is 28.3 Å². The van der Waals surface area contributed by atoms with Gasteiger partial charge >= 0.3 is 0 Å². The molecule has 2 atom stereocenters. The van der Waals surface area contributed by atoms with Gasteiger partial charge in [0, 0.05) is 35.5 Å². The van der Waals surface area contributed by atoms with Crippen LogP contribution in [0.1, 0.15) is 34.8 Å². The minimum atomic E-state index is -0.497. The third-order valence-electron chi connectivity index (χ3n) is 6.69. The second-order valence-corrected chi connectivity index (χ2v) is 8.45. The number of halogens is 1. The highest BCUT2D eigenvalue weighted by Crippen LogP contribution is 2.48. The Morgan fingerprint density at radius 3 is 2.76 bits per heavy atom. The number of hydrogen-bond donors (Lipinski definition) is 3. The van der Waals surface area contributed by atoms with Gasteiger partial charge in [-0.1, -0.05) is 6.07 Å². The number of benzene rings is 1. The average Bonchev–Trinajstić information content (AvgIpc) is 3.19. The number of carbonyl (C=O) groups is 1. The van der Waals surface area contributed by atoms with Crippen LogP contribution < -0.4 is 20.1 Å². The molecule has 2 aliphatic rings. The molecule has 8 nitrogen and oxygen atoms in total. The van der Waals surface area contributed by atoms with Gasteiger partial charge in [0.05, 0.1) is 42.4 Å². The average molecular weight is 459 g/mol. The van der Waals surface area contributed by atoms with Gasteiger partial charge in [-0.2, -0.15) is 0 Å². The van der Waals surface area contributed by atoms with Crippen LogP contribution in [0.25, 0.3) is 22.3 Å². The Morgan fingerprint density at radius 1 is 1.12 bits per heavy atom. The Kier molecular flexibility index (Phi) is 4.65. The van der Waals surface area contributed by atoms with Gasteiger partial charge in [-0.25, -0.2) is 9.37 Å². The highest BCUT2D eigenvalue weighted by molar-refractivity contribution is 6.08. The number of amides is 1. The molecule has 4 heterocycles.